The van der Waals surface area contributed by atoms with Crippen LogP contribution >= 0.6 is 0 Å². The molecule has 3 rings (SSSR count). The molecule has 1 aromatic carbocycles. The lowest BCUT2D eigenvalue weighted by Gasteiger charge is -2.16. The van der Waals surface area contributed by atoms with Crippen molar-refractivity contribution in [3.05, 3.63) is 52.4 Å². The van der Waals surface area contributed by atoms with E-state index in [1.807, 2.05) is 36.9 Å². The second-order valence-corrected chi connectivity index (χ2v) is 6.93. The summed E-state index contributed by atoms with van der Waals surface area (Å²) in [5, 5.41) is 7.04. The van der Waals surface area contributed by atoms with E-state index in [-0.39, 0.29) is 18.2 Å². The summed E-state index contributed by atoms with van der Waals surface area (Å²) in [7, 11) is 0. The van der Waals surface area contributed by atoms with Crippen molar-refractivity contribution in [1.82, 2.24) is 15.4 Å². The van der Waals surface area contributed by atoms with Gasteiger partial charge in [-0.1, -0.05) is 43.3 Å². The van der Waals surface area contributed by atoms with Gasteiger partial charge in [0.1, 0.15) is 5.76 Å². The summed E-state index contributed by atoms with van der Waals surface area (Å²) in [6.07, 6.45) is 3.36. The van der Waals surface area contributed by atoms with E-state index in [0.717, 1.165) is 54.0 Å². The first-order chi connectivity index (χ1) is 13.1. The van der Waals surface area contributed by atoms with Crippen molar-refractivity contribution >= 4 is 11.8 Å². The van der Waals surface area contributed by atoms with E-state index in [0.29, 0.717) is 19.5 Å². The normalized spacial score (nSPS) is 14.0. The molecule has 0 aliphatic carbocycles. The van der Waals surface area contributed by atoms with Gasteiger partial charge < -0.3 is 14.7 Å². The number of carbonyl (C=O) groups excluding carboxylic acids is 2. The second-order valence-electron chi connectivity index (χ2n) is 6.93. The zero-order valence-corrected chi connectivity index (χ0v) is 16.1. The van der Waals surface area contributed by atoms with Crippen molar-refractivity contribution in [2.24, 2.45) is 0 Å². The van der Waals surface area contributed by atoms with E-state index in [1.54, 1.807) is 0 Å². The van der Waals surface area contributed by atoms with Crippen LogP contribution in [-0.4, -0.2) is 28.4 Å². The van der Waals surface area contributed by atoms with Crippen LogP contribution in [0.25, 0.3) is 0 Å². The van der Waals surface area contributed by atoms with Gasteiger partial charge in [0.15, 0.2) is 0 Å². The van der Waals surface area contributed by atoms with Gasteiger partial charge in [-0.2, -0.15) is 0 Å². The van der Waals surface area contributed by atoms with Crippen LogP contribution in [0.4, 0.5) is 0 Å². The number of benzene rings is 1. The number of carbonyl (C=O) groups is 2. The maximum Gasteiger partial charge on any atom is 0.224 e. The average Bonchev–Trinajstić information content (AvgIpc) is 3.26. The Morgan fingerprint density at radius 1 is 1.26 bits per heavy atom. The molecule has 0 saturated carbocycles. The van der Waals surface area contributed by atoms with Crippen LogP contribution in [0.1, 0.15) is 54.8 Å². The number of nitrogens with zero attached hydrogens (tertiary/aromatic N) is 2. The van der Waals surface area contributed by atoms with Gasteiger partial charge in [-0.3, -0.25) is 9.59 Å². The molecule has 1 aliphatic rings. The SMILES string of the molecule is CCc1noc(CC)c1CC(=O)NCc1cccc(CN2CCCC2=O)c1. The van der Waals surface area contributed by atoms with Crippen LogP contribution in [0.15, 0.2) is 28.8 Å². The molecule has 1 saturated heterocycles. The van der Waals surface area contributed by atoms with Gasteiger partial charge >= 0.3 is 0 Å². The molecule has 6 nitrogen and oxygen atoms in total. The molecule has 6 heteroatoms. The Bertz CT molecular complexity index is 791. The van der Waals surface area contributed by atoms with Crippen molar-refractivity contribution in [3.63, 3.8) is 0 Å². The summed E-state index contributed by atoms with van der Waals surface area (Å²) in [4.78, 5) is 26.1. The minimum absolute atomic E-state index is 0.0391. The van der Waals surface area contributed by atoms with E-state index in [1.165, 1.54) is 0 Å². The summed E-state index contributed by atoms with van der Waals surface area (Å²) in [5.41, 5.74) is 3.90. The van der Waals surface area contributed by atoms with Crippen LogP contribution < -0.4 is 5.32 Å². The smallest absolute Gasteiger partial charge is 0.224 e. The fourth-order valence-corrected chi connectivity index (χ4v) is 3.49. The number of aryl methyl sites for hydroxylation is 2. The Hall–Kier alpha value is -2.63. The van der Waals surface area contributed by atoms with Crippen molar-refractivity contribution < 1.29 is 14.1 Å². The highest BCUT2D eigenvalue weighted by atomic mass is 16.5. The molecule has 0 spiro atoms. The third-order valence-electron chi connectivity index (χ3n) is 4.97. The molecule has 0 unspecified atom stereocenters. The Balaban J connectivity index is 1.57. The quantitative estimate of drug-likeness (QED) is 0.776. The third kappa shape index (κ3) is 4.76. The molecule has 27 heavy (non-hydrogen) atoms. The van der Waals surface area contributed by atoms with E-state index in [4.69, 9.17) is 4.52 Å². The first-order valence-electron chi connectivity index (χ1n) is 9.69. The molecule has 0 bridgehead atoms. The monoisotopic (exact) mass is 369 g/mol. The van der Waals surface area contributed by atoms with Gasteiger partial charge in [0.25, 0.3) is 0 Å². The summed E-state index contributed by atoms with van der Waals surface area (Å²) in [6.45, 7) is 5.95. The molecule has 144 valence electrons. The van der Waals surface area contributed by atoms with Gasteiger partial charge in [0.2, 0.25) is 11.8 Å². The second kappa shape index (κ2) is 8.84. The molecule has 2 amide bonds. The first-order valence-corrected chi connectivity index (χ1v) is 9.69. The van der Waals surface area contributed by atoms with Crippen LogP contribution in [0.3, 0.4) is 0 Å². The Kier molecular flexibility index (Phi) is 6.27. The highest BCUT2D eigenvalue weighted by Crippen LogP contribution is 2.17. The van der Waals surface area contributed by atoms with Gasteiger partial charge in [-0.15, -0.1) is 0 Å². The molecule has 0 radical (unpaired) electrons. The van der Waals surface area contributed by atoms with E-state index in [9.17, 15) is 9.59 Å². The molecule has 1 aliphatic heterocycles. The zero-order chi connectivity index (χ0) is 19.2. The van der Waals surface area contributed by atoms with Crippen molar-refractivity contribution in [2.45, 2.75) is 59.0 Å². The molecule has 1 fully saturated rings. The largest absolute Gasteiger partial charge is 0.361 e. The summed E-state index contributed by atoms with van der Waals surface area (Å²) in [5.74, 6) is 0.975. The minimum Gasteiger partial charge on any atom is -0.361 e. The average molecular weight is 369 g/mol. The van der Waals surface area contributed by atoms with E-state index >= 15 is 0 Å². The maximum absolute atomic E-state index is 12.4. The molecular weight excluding hydrogens is 342 g/mol. The zero-order valence-electron chi connectivity index (χ0n) is 16.1. The van der Waals surface area contributed by atoms with Crippen LogP contribution in [-0.2, 0) is 41.9 Å². The minimum atomic E-state index is -0.0391. The number of hydrogen-bond acceptors (Lipinski definition) is 4. The maximum atomic E-state index is 12.4. The van der Waals surface area contributed by atoms with Crippen LogP contribution in [0, 0.1) is 0 Å². The highest BCUT2D eigenvalue weighted by Gasteiger charge is 2.20. The predicted octanol–water partition coefficient (Wildman–Crippen LogP) is 2.78. The van der Waals surface area contributed by atoms with Crippen LogP contribution in [0.5, 0.6) is 0 Å². The fraction of sp³-hybridized carbons (Fsp3) is 0.476. The number of amides is 2. The van der Waals surface area contributed by atoms with E-state index < -0.39 is 0 Å². The van der Waals surface area contributed by atoms with Gasteiger partial charge in [-0.25, -0.2) is 0 Å². The predicted molar refractivity (Wildman–Crippen MR) is 102 cm³/mol. The molecular formula is C21H27N3O3. The Morgan fingerprint density at radius 3 is 2.78 bits per heavy atom. The lowest BCUT2D eigenvalue weighted by molar-refractivity contribution is -0.128. The third-order valence-corrected chi connectivity index (χ3v) is 4.97. The molecule has 2 heterocycles. The topological polar surface area (TPSA) is 75.4 Å². The van der Waals surface area contributed by atoms with Crippen molar-refractivity contribution in [1.29, 1.82) is 0 Å². The van der Waals surface area contributed by atoms with Gasteiger partial charge in [-0.05, 0) is 24.0 Å². The lowest BCUT2D eigenvalue weighted by atomic mass is 10.1. The van der Waals surface area contributed by atoms with Crippen molar-refractivity contribution in [3.8, 4) is 0 Å². The Morgan fingerprint density at radius 2 is 2.07 bits per heavy atom. The Labute approximate surface area is 159 Å². The molecule has 1 N–H and O–H groups in total. The number of aromatic nitrogens is 1. The summed E-state index contributed by atoms with van der Waals surface area (Å²) < 4.78 is 5.33. The number of hydrogen-bond donors (Lipinski definition) is 1. The number of rotatable bonds is 8. The number of nitrogens with one attached hydrogen (secondary N) is 1. The van der Waals surface area contributed by atoms with E-state index in [2.05, 4.69) is 16.5 Å². The van der Waals surface area contributed by atoms with Gasteiger partial charge in [0, 0.05) is 38.0 Å². The lowest BCUT2D eigenvalue weighted by Crippen LogP contribution is -2.26. The summed E-state index contributed by atoms with van der Waals surface area (Å²) >= 11 is 0. The number of likely N-dealkylation sites (tertiary alicyclic amines) is 1. The van der Waals surface area contributed by atoms with Crippen molar-refractivity contribution in [2.75, 3.05) is 6.54 Å². The van der Waals surface area contributed by atoms with Gasteiger partial charge in [0.05, 0.1) is 12.1 Å². The standard InChI is InChI=1S/C21H27N3O3/c1-3-18-17(19(4-2)27-23-18)12-20(25)22-13-15-7-5-8-16(11-15)14-24-10-6-9-21(24)26/h5,7-8,11H,3-4,6,9-10,12-14H2,1-2H3,(H,22,25). The fourth-order valence-electron chi connectivity index (χ4n) is 3.49. The van der Waals surface area contributed by atoms with Crippen LogP contribution in [0.2, 0.25) is 0 Å². The highest BCUT2D eigenvalue weighted by molar-refractivity contribution is 5.79. The summed E-state index contributed by atoms with van der Waals surface area (Å²) in [6, 6.07) is 8.04. The molecule has 2 aromatic rings. The first kappa shape index (κ1) is 19.1. The molecule has 1 aromatic heterocycles. The molecule has 0 atom stereocenters.